The average Bonchev–Trinajstić information content (AvgIpc) is 3.46. The Bertz CT molecular complexity index is 1010. The molecule has 4 rings (SSSR count). The zero-order valence-electron chi connectivity index (χ0n) is 16.9. The number of nitrogens with zero attached hydrogens (tertiary/aromatic N) is 1. The molecular weight excluding hydrogens is 403 g/mol. The SMILES string of the molecule is O=C(NCc1ccc(S(=O)(=O)N2CCCC2)cc1)C1(c2ccccc2F)CCCC1. The molecule has 1 N–H and O–H groups in total. The molecule has 0 aromatic heterocycles. The van der Waals surface area contributed by atoms with Crippen molar-refractivity contribution in [1.29, 1.82) is 0 Å². The first-order valence-electron chi connectivity index (χ1n) is 10.6. The van der Waals surface area contributed by atoms with Crippen LogP contribution in [0.15, 0.2) is 53.4 Å². The minimum absolute atomic E-state index is 0.168. The lowest BCUT2D eigenvalue weighted by Crippen LogP contribution is -2.42. The highest BCUT2D eigenvalue weighted by Crippen LogP contribution is 2.42. The molecule has 160 valence electrons. The number of nitrogens with one attached hydrogen (secondary N) is 1. The molecule has 5 nitrogen and oxygen atoms in total. The standard InChI is InChI=1S/C23H27FN2O3S/c24-21-8-2-1-7-20(21)23(13-3-4-14-23)22(27)25-17-18-9-11-19(12-10-18)30(28,29)26-15-5-6-16-26/h1-2,7-12H,3-6,13-17H2,(H,25,27). The Labute approximate surface area is 177 Å². The molecule has 0 radical (unpaired) electrons. The number of amides is 1. The van der Waals surface area contributed by atoms with Crippen molar-refractivity contribution in [2.75, 3.05) is 13.1 Å². The zero-order chi connectivity index (χ0) is 21.2. The lowest BCUT2D eigenvalue weighted by atomic mass is 9.77. The van der Waals surface area contributed by atoms with Gasteiger partial charge in [0.2, 0.25) is 15.9 Å². The van der Waals surface area contributed by atoms with Crippen molar-refractivity contribution >= 4 is 15.9 Å². The van der Waals surface area contributed by atoms with E-state index in [0.29, 0.717) is 31.5 Å². The number of hydrogen-bond donors (Lipinski definition) is 1. The van der Waals surface area contributed by atoms with Gasteiger partial charge in [0.15, 0.2) is 0 Å². The molecule has 2 fully saturated rings. The van der Waals surface area contributed by atoms with Crippen LogP contribution in [-0.4, -0.2) is 31.7 Å². The minimum Gasteiger partial charge on any atom is -0.351 e. The molecule has 1 saturated carbocycles. The number of halogens is 1. The fraction of sp³-hybridized carbons (Fsp3) is 0.435. The summed E-state index contributed by atoms with van der Waals surface area (Å²) in [4.78, 5) is 13.4. The number of hydrogen-bond acceptors (Lipinski definition) is 3. The lowest BCUT2D eigenvalue weighted by Gasteiger charge is -2.28. The van der Waals surface area contributed by atoms with Gasteiger partial charge in [0, 0.05) is 25.2 Å². The monoisotopic (exact) mass is 430 g/mol. The maximum absolute atomic E-state index is 14.5. The van der Waals surface area contributed by atoms with Gasteiger partial charge in [-0.05, 0) is 49.4 Å². The maximum atomic E-state index is 14.5. The van der Waals surface area contributed by atoms with E-state index in [2.05, 4.69) is 5.32 Å². The highest BCUT2D eigenvalue weighted by molar-refractivity contribution is 7.89. The summed E-state index contributed by atoms with van der Waals surface area (Å²) in [5.41, 5.74) is 0.446. The first-order valence-corrected chi connectivity index (χ1v) is 12.0. The Kier molecular flexibility index (Phi) is 5.93. The number of sulfonamides is 1. The van der Waals surface area contributed by atoms with Crippen LogP contribution in [0.25, 0.3) is 0 Å². The van der Waals surface area contributed by atoms with Crippen LogP contribution in [0, 0.1) is 5.82 Å². The number of carbonyl (C=O) groups excluding carboxylic acids is 1. The van der Waals surface area contributed by atoms with E-state index in [1.54, 1.807) is 42.5 Å². The Hall–Kier alpha value is -2.25. The molecule has 1 aliphatic heterocycles. The van der Waals surface area contributed by atoms with E-state index in [9.17, 15) is 17.6 Å². The van der Waals surface area contributed by atoms with Crippen LogP contribution in [-0.2, 0) is 26.8 Å². The van der Waals surface area contributed by atoms with Crippen molar-refractivity contribution in [3.8, 4) is 0 Å². The van der Waals surface area contributed by atoms with Gasteiger partial charge in [0.1, 0.15) is 5.82 Å². The zero-order valence-corrected chi connectivity index (χ0v) is 17.8. The smallest absolute Gasteiger partial charge is 0.243 e. The summed E-state index contributed by atoms with van der Waals surface area (Å²) in [5, 5.41) is 2.96. The van der Waals surface area contributed by atoms with Crippen molar-refractivity contribution in [2.24, 2.45) is 0 Å². The van der Waals surface area contributed by atoms with Crippen molar-refractivity contribution in [3.63, 3.8) is 0 Å². The second-order valence-corrected chi connectivity index (χ2v) is 10.1. The molecular formula is C23H27FN2O3S. The molecule has 30 heavy (non-hydrogen) atoms. The van der Waals surface area contributed by atoms with Crippen molar-refractivity contribution in [3.05, 3.63) is 65.5 Å². The predicted molar refractivity (Wildman–Crippen MR) is 113 cm³/mol. The van der Waals surface area contributed by atoms with E-state index in [1.807, 2.05) is 0 Å². The topological polar surface area (TPSA) is 66.5 Å². The molecule has 7 heteroatoms. The maximum Gasteiger partial charge on any atom is 0.243 e. The summed E-state index contributed by atoms with van der Waals surface area (Å²) in [5.74, 6) is -0.509. The Balaban J connectivity index is 1.46. The van der Waals surface area contributed by atoms with E-state index in [0.717, 1.165) is 31.2 Å². The molecule has 1 heterocycles. The van der Waals surface area contributed by atoms with Gasteiger partial charge in [-0.3, -0.25) is 4.79 Å². The van der Waals surface area contributed by atoms with Crippen LogP contribution in [0.4, 0.5) is 4.39 Å². The van der Waals surface area contributed by atoms with Gasteiger partial charge in [-0.1, -0.05) is 43.2 Å². The molecule has 2 aliphatic rings. The van der Waals surface area contributed by atoms with E-state index >= 15 is 0 Å². The van der Waals surface area contributed by atoms with E-state index < -0.39 is 15.4 Å². The first-order chi connectivity index (χ1) is 14.4. The molecule has 2 aromatic rings. The van der Waals surface area contributed by atoms with Crippen LogP contribution in [0.5, 0.6) is 0 Å². The van der Waals surface area contributed by atoms with Gasteiger partial charge in [-0.15, -0.1) is 0 Å². The third kappa shape index (κ3) is 3.88. The number of carbonyl (C=O) groups is 1. The quantitative estimate of drug-likeness (QED) is 0.759. The van der Waals surface area contributed by atoms with Crippen molar-refractivity contribution in [1.82, 2.24) is 9.62 Å². The molecule has 1 saturated heterocycles. The fourth-order valence-electron chi connectivity index (χ4n) is 4.65. The van der Waals surface area contributed by atoms with Crippen LogP contribution < -0.4 is 5.32 Å². The summed E-state index contributed by atoms with van der Waals surface area (Å²) >= 11 is 0. The van der Waals surface area contributed by atoms with Gasteiger partial charge in [0.25, 0.3) is 0 Å². The van der Waals surface area contributed by atoms with Crippen molar-refractivity contribution < 1.29 is 17.6 Å². The molecule has 1 amide bonds. The fourth-order valence-corrected chi connectivity index (χ4v) is 6.17. The summed E-state index contributed by atoms with van der Waals surface area (Å²) in [6, 6.07) is 13.2. The highest BCUT2D eigenvalue weighted by Gasteiger charge is 2.44. The second kappa shape index (κ2) is 8.47. The van der Waals surface area contributed by atoms with Gasteiger partial charge >= 0.3 is 0 Å². The number of benzene rings is 2. The van der Waals surface area contributed by atoms with Crippen LogP contribution in [0.2, 0.25) is 0 Å². The molecule has 2 aromatic carbocycles. The first kappa shape index (κ1) is 21.0. The second-order valence-electron chi connectivity index (χ2n) is 8.21. The van der Waals surface area contributed by atoms with Gasteiger partial charge in [-0.25, -0.2) is 12.8 Å². The van der Waals surface area contributed by atoms with E-state index in [1.165, 1.54) is 10.4 Å². The Morgan fingerprint density at radius 2 is 1.60 bits per heavy atom. The summed E-state index contributed by atoms with van der Waals surface area (Å²) < 4.78 is 41.2. The lowest BCUT2D eigenvalue weighted by molar-refractivity contribution is -0.126. The Morgan fingerprint density at radius 3 is 2.23 bits per heavy atom. The van der Waals surface area contributed by atoms with Crippen LogP contribution in [0.1, 0.15) is 49.7 Å². The van der Waals surface area contributed by atoms with Gasteiger partial charge in [0.05, 0.1) is 10.3 Å². The summed E-state index contributed by atoms with van der Waals surface area (Å²) in [6.45, 7) is 1.41. The molecule has 0 unspecified atom stereocenters. The molecule has 0 atom stereocenters. The van der Waals surface area contributed by atoms with Gasteiger partial charge < -0.3 is 5.32 Å². The molecule has 0 bridgehead atoms. The number of rotatable bonds is 6. The largest absolute Gasteiger partial charge is 0.351 e. The van der Waals surface area contributed by atoms with Crippen molar-refractivity contribution in [2.45, 2.75) is 55.4 Å². The van der Waals surface area contributed by atoms with E-state index in [-0.39, 0.29) is 23.2 Å². The molecule has 1 aliphatic carbocycles. The van der Waals surface area contributed by atoms with E-state index in [4.69, 9.17) is 0 Å². The molecule has 0 spiro atoms. The average molecular weight is 431 g/mol. The summed E-state index contributed by atoms with van der Waals surface area (Å²) in [6.07, 6.45) is 4.84. The van der Waals surface area contributed by atoms with Gasteiger partial charge in [-0.2, -0.15) is 4.31 Å². The normalized spacial score (nSPS) is 19.1. The third-order valence-electron chi connectivity index (χ3n) is 6.36. The minimum atomic E-state index is -3.45. The highest BCUT2D eigenvalue weighted by atomic mass is 32.2. The predicted octanol–water partition coefficient (Wildman–Crippen LogP) is 3.74. The third-order valence-corrected chi connectivity index (χ3v) is 8.27. The Morgan fingerprint density at radius 1 is 0.967 bits per heavy atom. The van der Waals surface area contributed by atoms with Crippen LogP contribution >= 0.6 is 0 Å². The summed E-state index contributed by atoms with van der Waals surface area (Å²) in [7, 11) is -3.45. The van der Waals surface area contributed by atoms with Crippen LogP contribution in [0.3, 0.4) is 0 Å².